The Balaban J connectivity index is 1.44. The molecule has 0 spiro atoms. The third-order valence-electron chi connectivity index (χ3n) is 5.69. The molecule has 0 saturated carbocycles. The molecule has 1 amide bonds. The van der Waals surface area contributed by atoms with Gasteiger partial charge in [0.15, 0.2) is 0 Å². The van der Waals surface area contributed by atoms with Gasteiger partial charge >= 0.3 is 0 Å². The lowest BCUT2D eigenvalue weighted by Crippen LogP contribution is -2.42. The first-order valence-corrected chi connectivity index (χ1v) is 9.40. The molecule has 1 aromatic carbocycles. The molecule has 0 aliphatic carbocycles. The number of rotatable bonds is 3. The Morgan fingerprint density at radius 3 is 2.77 bits per heavy atom. The number of fused-ring (bicyclic) bond motifs is 1. The van der Waals surface area contributed by atoms with E-state index in [4.69, 9.17) is 0 Å². The number of carbonyl (C=O) groups excluding carboxylic acids is 1. The van der Waals surface area contributed by atoms with Gasteiger partial charge in [0.05, 0.1) is 19.0 Å². The Morgan fingerprint density at radius 2 is 2.00 bits per heavy atom. The quantitative estimate of drug-likeness (QED) is 0.849. The van der Waals surface area contributed by atoms with Crippen molar-refractivity contribution in [1.82, 2.24) is 24.6 Å². The molecule has 26 heavy (non-hydrogen) atoms. The van der Waals surface area contributed by atoms with E-state index < -0.39 is 0 Å². The summed E-state index contributed by atoms with van der Waals surface area (Å²) in [6, 6.07) is 10.5. The first kappa shape index (κ1) is 17.2. The van der Waals surface area contributed by atoms with Crippen LogP contribution in [0.15, 0.2) is 30.3 Å². The SMILES string of the molecule is Cc1nc2n(n1)CCN(C(=O)C1CN(Cc3ccccc3)C(C)(C)C1)C2. The van der Waals surface area contributed by atoms with Crippen LogP contribution in [-0.2, 0) is 24.4 Å². The van der Waals surface area contributed by atoms with Gasteiger partial charge < -0.3 is 4.90 Å². The summed E-state index contributed by atoms with van der Waals surface area (Å²) in [4.78, 5) is 22.0. The van der Waals surface area contributed by atoms with Gasteiger partial charge in [-0.2, -0.15) is 5.10 Å². The zero-order valence-electron chi connectivity index (χ0n) is 15.9. The predicted molar refractivity (Wildman–Crippen MR) is 99.2 cm³/mol. The van der Waals surface area contributed by atoms with Gasteiger partial charge in [-0.05, 0) is 32.8 Å². The van der Waals surface area contributed by atoms with Crippen LogP contribution < -0.4 is 0 Å². The van der Waals surface area contributed by atoms with Crippen molar-refractivity contribution >= 4 is 5.91 Å². The van der Waals surface area contributed by atoms with Gasteiger partial charge in [-0.1, -0.05) is 30.3 Å². The molecule has 0 radical (unpaired) electrons. The Morgan fingerprint density at radius 1 is 1.23 bits per heavy atom. The van der Waals surface area contributed by atoms with Gasteiger partial charge in [0, 0.05) is 25.2 Å². The molecule has 1 fully saturated rings. The van der Waals surface area contributed by atoms with E-state index in [9.17, 15) is 4.79 Å². The highest BCUT2D eigenvalue weighted by Gasteiger charge is 2.43. The van der Waals surface area contributed by atoms with Crippen molar-refractivity contribution in [3.63, 3.8) is 0 Å². The van der Waals surface area contributed by atoms with E-state index in [0.29, 0.717) is 6.54 Å². The maximum Gasteiger partial charge on any atom is 0.227 e. The highest BCUT2D eigenvalue weighted by Crippen LogP contribution is 2.35. The maximum absolute atomic E-state index is 13.1. The van der Waals surface area contributed by atoms with Gasteiger partial charge in [0.2, 0.25) is 5.91 Å². The molecule has 0 N–H and O–H groups in total. The molecule has 6 heteroatoms. The first-order chi connectivity index (χ1) is 12.4. The number of carbonyl (C=O) groups is 1. The van der Waals surface area contributed by atoms with Gasteiger partial charge in [-0.3, -0.25) is 9.69 Å². The normalized spacial score (nSPS) is 22.4. The van der Waals surface area contributed by atoms with Gasteiger partial charge in [-0.15, -0.1) is 0 Å². The van der Waals surface area contributed by atoms with Crippen LogP contribution in [-0.4, -0.2) is 49.1 Å². The Hall–Kier alpha value is -2.21. The minimum Gasteiger partial charge on any atom is -0.333 e. The summed E-state index contributed by atoms with van der Waals surface area (Å²) < 4.78 is 1.93. The summed E-state index contributed by atoms with van der Waals surface area (Å²) in [6.07, 6.45) is 0.904. The summed E-state index contributed by atoms with van der Waals surface area (Å²) in [5, 5.41) is 4.38. The lowest BCUT2D eigenvalue weighted by atomic mass is 9.95. The van der Waals surface area contributed by atoms with Crippen LogP contribution in [0.25, 0.3) is 0 Å². The number of likely N-dealkylation sites (tertiary alicyclic amines) is 1. The first-order valence-electron chi connectivity index (χ1n) is 9.40. The largest absolute Gasteiger partial charge is 0.333 e. The number of amides is 1. The van der Waals surface area contributed by atoms with Crippen LogP contribution in [0.3, 0.4) is 0 Å². The number of aryl methyl sites for hydroxylation is 1. The minimum atomic E-state index is 0.0303. The molecule has 0 bridgehead atoms. The van der Waals surface area contributed by atoms with Crippen LogP contribution in [0.1, 0.15) is 37.5 Å². The van der Waals surface area contributed by atoms with Crippen LogP contribution in [0.4, 0.5) is 0 Å². The van der Waals surface area contributed by atoms with E-state index in [-0.39, 0.29) is 17.4 Å². The fourth-order valence-corrected chi connectivity index (χ4v) is 4.26. The van der Waals surface area contributed by atoms with E-state index in [1.807, 2.05) is 22.6 Å². The van der Waals surface area contributed by atoms with Crippen LogP contribution in [0, 0.1) is 12.8 Å². The molecule has 138 valence electrons. The van der Waals surface area contributed by atoms with Crippen molar-refractivity contribution in [2.24, 2.45) is 5.92 Å². The topological polar surface area (TPSA) is 54.3 Å². The second-order valence-corrected chi connectivity index (χ2v) is 8.14. The number of nitrogens with zero attached hydrogens (tertiary/aromatic N) is 5. The van der Waals surface area contributed by atoms with Gasteiger partial charge in [0.25, 0.3) is 0 Å². The fourth-order valence-electron chi connectivity index (χ4n) is 4.26. The molecular formula is C20H27N5O. The summed E-state index contributed by atoms with van der Waals surface area (Å²) in [5.41, 5.74) is 1.33. The predicted octanol–water partition coefficient (Wildman–Crippen LogP) is 2.23. The lowest BCUT2D eigenvalue weighted by molar-refractivity contribution is -0.136. The third-order valence-corrected chi connectivity index (χ3v) is 5.69. The average molecular weight is 353 g/mol. The molecular weight excluding hydrogens is 326 g/mol. The van der Waals surface area contributed by atoms with Crippen molar-refractivity contribution in [1.29, 1.82) is 0 Å². The molecule has 1 unspecified atom stereocenters. The van der Waals surface area contributed by atoms with E-state index in [1.165, 1.54) is 5.56 Å². The monoisotopic (exact) mass is 353 g/mol. The Bertz CT molecular complexity index is 798. The van der Waals surface area contributed by atoms with Crippen molar-refractivity contribution in [3.8, 4) is 0 Å². The summed E-state index contributed by atoms with van der Waals surface area (Å²) >= 11 is 0. The van der Waals surface area contributed by atoms with E-state index in [0.717, 1.165) is 44.2 Å². The highest BCUT2D eigenvalue weighted by molar-refractivity contribution is 5.79. The molecule has 3 heterocycles. The standard InChI is InChI=1S/C20H27N5O/c1-15-21-18-14-23(9-10-25(18)22-15)19(26)17-11-20(2,3)24(13-17)12-16-7-5-4-6-8-16/h4-8,17H,9-14H2,1-3H3. The molecule has 2 aromatic rings. The minimum absolute atomic E-state index is 0.0303. The molecule has 2 aliphatic heterocycles. The summed E-state index contributed by atoms with van der Waals surface area (Å²) in [6.45, 7) is 10.2. The Kier molecular flexibility index (Phi) is 4.31. The molecule has 4 rings (SSSR count). The molecule has 1 atom stereocenters. The summed E-state index contributed by atoms with van der Waals surface area (Å²) in [5.74, 6) is 2.01. The van der Waals surface area contributed by atoms with Crippen molar-refractivity contribution in [2.75, 3.05) is 13.1 Å². The van der Waals surface area contributed by atoms with Crippen molar-refractivity contribution in [2.45, 2.75) is 52.4 Å². The van der Waals surface area contributed by atoms with Crippen LogP contribution in [0.2, 0.25) is 0 Å². The third kappa shape index (κ3) is 3.26. The number of aromatic nitrogens is 3. The molecule has 1 saturated heterocycles. The lowest BCUT2D eigenvalue weighted by Gasteiger charge is -2.31. The van der Waals surface area contributed by atoms with E-state index >= 15 is 0 Å². The fraction of sp³-hybridized carbons (Fsp3) is 0.550. The van der Waals surface area contributed by atoms with E-state index in [2.05, 4.69) is 53.1 Å². The zero-order chi connectivity index (χ0) is 18.3. The maximum atomic E-state index is 13.1. The Labute approximate surface area is 154 Å². The summed E-state index contributed by atoms with van der Waals surface area (Å²) in [7, 11) is 0. The number of benzene rings is 1. The highest BCUT2D eigenvalue weighted by atomic mass is 16.2. The van der Waals surface area contributed by atoms with E-state index in [1.54, 1.807) is 0 Å². The second-order valence-electron chi connectivity index (χ2n) is 8.14. The smallest absolute Gasteiger partial charge is 0.227 e. The zero-order valence-corrected chi connectivity index (χ0v) is 15.9. The number of hydrogen-bond acceptors (Lipinski definition) is 4. The second kappa shape index (κ2) is 6.50. The molecule has 2 aliphatic rings. The van der Waals surface area contributed by atoms with Crippen LogP contribution in [0.5, 0.6) is 0 Å². The van der Waals surface area contributed by atoms with Crippen molar-refractivity contribution < 1.29 is 4.79 Å². The number of hydrogen-bond donors (Lipinski definition) is 0. The average Bonchev–Trinajstić information content (AvgIpc) is 3.13. The van der Waals surface area contributed by atoms with Gasteiger partial charge in [-0.25, -0.2) is 9.67 Å². The van der Waals surface area contributed by atoms with Crippen LogP contribution >= 0.6 is 0 Å². The molecule has 6 nitrogen and oxygen atoms in total. The van der Waals surface area contributed by atoms with Crippen molar-refractivity contribution in [3.05, 3.63) is 47.5 Å². The van der Waals surface area contributed by atoms with Gasteiger partial charge in [0.1, 0.15) is 11.6 Å². The molecule has 1 aromatic heterocycles.